The Kier molecular flexibility index (Phi) is 6.41. The fourth-order valence-electron chi connectivity index (χ4n) is 2.46. The molecule has 6 heteroatoms. The van der Waals surface area contributed by atoms with E-state index in [9.17, 15) is 15.3 Å². The quantitative estimate of drug-likeness (QED) is 0.639. The van der Waals surface area contributed by atoms with E-state index in [1.807, 2.05) is 0 Å². The number of benzene rings is 2. The van der Waals surface area contributed by atoms with Crippen molar-refractivity contribution in [1.29, 1.82) is 0 Å². The molecule has 0 amide bonds. The van der Waals surface area contributed by atoms with Crippen LogP contribution in [0.15, 0.2) is 48.5 Å². The first-order valence-electron chi connectivity index (χ1n) is 7.10. The Hall–Kier alpha value is -1.14. The first-order chi connectivity index (χ1) is 10.9. The van der Waals surface area contributed by atoms with E-state index in [1.54, 1.807) is 48.5 Å². The Morgan fingerprint density at radius 2 is 1.09 bits per heavy atom. The normalized spacial score (nSPS) is 15.4. The molecular formula is C17H18Cl2O4. The van der Waals surface area contributed by atoms with E-state index in [2.05, 4.69) is 0 Å². The molecule has 0 aliphatic rings. The van der Waals surface area contributed by atoms with Gasteiger partial charge in [0.2, 0.25) is 0 Å². The summed E-state index contributed by atoms with van der Waals surface area (Å²) in [6, 6.07) is 13.7. The standard InChI is InChI=1S/C17H18Cl2O4/c18-12-5-1-10(2-6-12)15(11-3-7-13(19)8-4-11)17(23)16(22)14(21)9-20/h1-8,14-17,20-23H,9H2/t14-,16+,17+/m1/s1. The summed E-state index contributed by atoms with van der Waals surface area (Å²) in [6.07, 6.45) is -4.26. The van der Waals surface area contributed by atoms with Gasteiger partial charge in [-0.1, -0.05) is 47.5 Å². The zero-order chi connectivity index (χ0) is 17.0. The molecule has 0 saturated heterocycles. The fourth-order valence-corrected chi connectivity index (χ4v) is 2.71. The molecule has 2 aromatic rings. The molecule has 0 unspecified atom stereocenters. The van der Waals surface area contributed by atoms with Gasteiger partial charge in [0, 0.05) is 16.0 Å². The molecule has 2 rings (SSSR count). The third kappa shape index (κ3) is 4.44. The highest BCUT2D eigenvalue weighted by Crippen LogP contribution is 2.32. The van der Waals surface area contributed by atoms with Crippen LogP contribution in [0.5, 0.6) is 0 Å². The van der Waals surface area contributed by atoms with Crippen molar-refractivity contribution >= 4 is 23.2 Å². The van der Waals surface area contributed by atoms with Gasteiger partial charge in [0.05, 0.1) is 12.7 Å². The molecule has 0 bridgehead atoms. The van der Waals surface area contributed by atoms with Gasteiger partial charge in [-0.15, -0.1) is 0 Å². The number of aliphatic hydroxyl groups excluding tert-OH is 4. The third-order valence-electron chi connectivity index (χ3n) is 3.73. The maximum absolute atomic E-state index is 10.5. The summed E-state index contributed by atoms with van der Waals surface area (Å²) in [6.45, 7) is -0.647. The number of hydrogen-bond acceptors (Lipinski definition) is 4. The SMILES string of the molecule is OC[C@@H](O)[C@H](O)[C@@H](O)C(c1ccc(Cl)cc1)c1ccc(Cl)cc1. The minimum Gasteiger partial charge on any atom is -0.394 e. The zero-order valence-electron chi connectivity index (χ0n) is 12.2. The van der Waals surface area contributed by atoms with Crippen molar-refractivity contribution in [2.45, 2.75) is 24.2 Å². The largest absolute Gasteiger partial charge is 0.394 e. The highest BCUT2D eigenvalue weighted by Gasteiger charge is 2.33. The summed E-state index contributed by atoms with van der Waals surface area (Å²) in [7, 11) is 0. The lowest BCUT2D eigenvalue weighted by Gasteiger charge is -2.29. The molecule has 0 heterocycles. The van der Waals surface area contributed by atoms with Crippen LogP contribution in [0.3, 0.4) is 0 Å². The summed E-state index contributed by atoms with van der Waals surface area (Å²) in [5.74, 6) is -0.610. The molecule has 0 radical (unpaired) electrons. The molecule has 4 nitrogen and oxygen atoms in total. The number of rotatable bonds is 6. The summed E-state index contributed by atoms with van der Waals surface area (Å²) in [4.78, 5) is 0. The second-order valence-corrected chi connectivity index (χ2v) is 6.18. The van der Waals surface area contributed by atoms with Gasteiger partial charge in [-0.2, -0.15) is 0 Å². The molecule has 3 atom stereocenters. The third-order valence-corrected chi connectivity index (χ3v) is 4.23. The summed E-state index contributed by atoms with van der Waals surface area (Å²) >= 11 is 11.8. The summed E-state index contributed by atoms with van der Waals surface area (Å²) < 4.78 is 0. The monoisotopic (exact) mass is 356 g/mol. The van der Waals surface area contributed by atoms with E-state index < -0.39 is 30.8 Å². The molecule has 0 aliphatic heterocycles. The van der Waals surface area contributed by atoms with Gasteiger partial charge in [0.25, 0.3) is 0 Å². The van der Waals surface area contributed by atoms with Crippen molar-refractivity contribution in [1.82, 2.24) is 0 Å². The van der Waals surface area contributed by atoms with Gasteiger partial charge < -0.3 is 20.4 Å². The lowest BCUT2D eigenvalue weighted by Crippen LogP contribution is -2.43. The van der Waals surface area contributed by atoms with Crippen molar-refractivity contribution in [3.63, 3.8) is 0 Å². The minimum atomic E-state index is -1.50. The van der Waals surface area contributed by atoms with Crippen LogP contribution < -0.4 is 0 Å². The molecule has 2 aromatic carbocycles. The summed E-state index contributed by atoms with van der Waals surface area (Å²) in [5, 5.41) is 40.3. The maximum atomic E-state index is 10.5. The second kappa shape index (κ2) is 8.11. The molecule has 0 aromatic heterocycles. The summed E-state index contributed by atoms with van der Waals surface area (Å²) in [5.41, 5.74) is 1.43. The second-order valence-electron chi connectivity index (χ2n) is 5.31. The Morgan fingerprint density at radius 3 is 1.43 bits per heavy atom. The predicted molar refractivity (Wildman–Crippen MR) is 89.9 cm³/mol. The van der Waals surface area contributed by atoms with Gasteiger partial charge in [-0.05, 0) is 35.4 Å². The first-order valence-corrected chi connectivity index (χ1v) is 7.85. The average Bonchev–Trinajstić information content (AvgIpc) is 2.57. The first kappa shape index (κ1) is 18.2. The van der Waals surface area contributed by atoms with E-state index in [4.69, 9.17) is 28.3 Å². The minimum absolute atomic E-state index is 0.550. The molecule has 0 saturated carbocycles. The molecule has 4 N–H and O–H groups in total. The van der Waals surface area contributed by atoms with E-state index >= 15 is 0 Å². The number of hydrogen-bond donors (Lipinski definition) is 4. The van der Waals surface area contributed by atoms with Crippen molar-refractivity contribution in [3.8, 4) is 0 Å². The Morgan fingerprint density at radius 1 is 0.696 bits per heavy atom. The van der Waals surface area contributed by atoms with E-state index in [1.165, 1.54) is 0 Å². The van der Waals surface area contributed by atoms with Crippen LogP contribution in [0.2, 0.25) is 10.0 Å². The smallest absolute Gasteiger partial charge is 0.109 e. The number of halogens is 2. The van der Waals surface area contributed by atoms with Crippen LogP contribution in [0.25, 0.3) is 0 Å². The van der Waals surface area contributed by atoms with Gasteiger partial charge in [0.1, 0.15) is 12.2 Å². The molecule has 0 spiro atoms. The van der Waals surface area contributed by atoms with Gasteiger partial charge in [-0.3, -0.25) is 0 Å². The maximum Gasteiger partial charge on any atom is 0.109 e. The van der Waals surface area contributed by atoms with Gasteiger partial charge in [-0.25, -0.2) is 0 Å². The highest BCUT2D eigenvalue weighted by atomic mass is 35.5. The zero-order valence-corrected chi connectivity index (χ0v) is 13.7. The van der Waals surface area contributed by atoms with E-state index in [0.717, 1.165) is 0 Å². The average molecular weight is 357 g/mol. The highest BCUT2D eigenvalue weighted by molar-refractivity contribution is 6.30. The lowest BCUT2D eigenvalue weighted by molar-refractivity contribution is -0.0806. The van der Waals surface area contributed by atoms with Gasteiger partial charge in [0.15, 0.2) is 0 Å². The predicted octanol–water partition coefficient (Wildman–Crippen LogP) is 2.20. The Labute approximate surface area is 144 Å². The van der Waals surface area contributed by atoms with E-state index in [0.29, 0.717) is 21.2 Å². The molecule has 124 valence electrons. The van der Waals surface area contributed by atoms with Crippen LogP contribution in [-0.4, -0.2) is 45.3 Å². The topological polar surface area (TPSA) is 80.9 Å². The van der Waals surface area contributed by atoms with Crippen LogP contribution in [-0.2, 0) is 0 Å². The van der Waals surface area contributed by atoms with Crippen molar-refractivity contribution in [2.24, 2.45) is 0 Å². The van der Waals surface area contributed by atoms with Crippen LogP contribution in [0.1, 0.15) is 17.0 Å². The van der Waals surface area contributed by atoms with Crippen molar-refractivity contribution in [3.05, 3.63) is 69.7 Å². The Balaban J connectivity index is 2.42. The molecule has 23 heavy (non-hydrogen) atoms. The lowest BCUT2D eigenvalue weighted by atomic mass is 9.83. The van der Waals surface area contributed by atoms with Crippen molar-refractivity contribution in [2.75, 3.05) is 6.61 Å². The van der Waals surface area contributed by atoms with Crippen LogP contribution >= 0.6 is 23.2 Å². The molecule has 0 fully saturated rings. The fraction of sp³-hybridized carbons (Fsp3) is 0.294. The van der Waals surface area contributed by atoms with Gasteiger partial charge >= 0.3 is 0 Å². The van der Waals surface area contributed by atoms with E-state index in [-0.39, 0.29) is 0 Å². The van der Waals surface area contributed by atoms with Crippen molar-refractivity contribution < 1.29 is 20.4 Å². The molecular weight excluding hydrogens is 339 g/mol. The number of aliphatic hydroxyl groups is 4. The Bertz CT molecular complexity index is 570. The van der Waals surface area contributed by atoms with Crippen LogP contribution in [0, 0.1) is 0 Å². The molecule has 0 aliphatic carbocycles. The van der Waals surface area contributed by atoms with Crippen LogP contribution in [0.4, 0.5) is 0 Å².